The van der Waals surface area contributed by atoms with E-state index >= 15 is 0 Å². The summed E-state index contributed by atoms with van der Waals surface area (Å²) in [7, 11) is -4.14. The fourth-order valence-corrected chi connectivity index (χ4v) is 4.16. The third-order valence-electron chi connectivity index (χ3n) is 4.54. The second-order valence-electron chi connectivity index (χ2n) is 6.82. The van der Waals surface area contributed by atoms with Crippen molar-refractivity contribution in [2.75, 3.05) is 6.26 Å². The van der Waals surface area contributed by atoms with Crippen LogP contribution in [0.5, 0.6) is 0 Å². The van der Waals surface area contributed by atoms with Crippen LogP contribution in [0.3, 0.4) is 0 Å². The van der Waals surface area contributed by atoms with Crippen LogP contribution in [0.1, 0.15) is 29.7 Å². The van der Waals surface area contributed by atoms with Crippen molar-refractivity contribution >= 4 is 32.9 Å². The molecule has 1 aromatic heterocycles. The molecule has 1 amide bonds. The first-order valence-corrected chi connectivity index (χ1v) is 11.0. The molecule has 1 atom stereocenters. The quantitative estimate of drug-likeness (QED) is 0.732. The molecule has 160 valence electrons. The van der Waals surface area contributed by atoms with Gasteiger partial charge in [0.2, 0.25) is 5.91 Å². The molecule has 1 aliphatic heterocycles. The average Bonchev–Trinajstić information content (AvgIpc) is 3.05. The number of benzene rings is 1. The topological polar surface area (TPSA) is 96.1 Å². The lowest BCUT2D eigenvalue weighted by Gasteiger charge is -2.16. The van der Waals surface area contributed by atoms with E-state index in [1.54, 1.807) is 0 Å². The van der Waals surface area contributed by atoms with Gasteiger partial charge in [0.05, 0.1) is 10.5 Å². The maximum Gasteiger partial charge on any atom is 0.417 e. The van der Waals surface area contributed by atoms with Gasteiger partial charge in [-0.3, -0.25) is 9.59 Å². The molecule has 2 aromatic rings. The molecule has 3 rings (SSSR count). The van der Waals surface area contributed by atoms with Gasteiger partial charge >= 0.3 is 6.18 Å². The first-order chi connectivity index (χ1) is 13.9. The molecule has 11 heteroatoms. The summed E-state index contributed by atoms with van der Waals surface area (Å²) in [6.45, 7) is 0. The zero-order chi connectivity index (χ0) is 22.3. The van der Waals surface area contributed by atoms with E-state index in [-0.39, 0.29) is 34.2 Å². The zero-order valence-electron chi connectivity index (χ0n) is 15.5. The third-order valence-corrected chi connectivity index (χ3v) is 6.00. The smallest absolute Gasteiger partial charge is 0.350 e. The van der Waals surface area contributed by atoms with E-state index in [2.05, 4.69) is 10.3 Å². The van der Waals surface area contributed by atoms with E-state index in [9.17, 15) is 31.2 Å². The number of pyridine rings is 1. The molecule has 0 saturated carbocycles. The maximum atomic E-state index is 13.6. The molecule has 0 radical (unpaired) electrons. The Morgan fingerprint density at radius 1 is 1.20 bits per heavy atom. The summed E-state index contributed by atoms with van der Waals surface area (Å²) in [6, 6.07) is 5.07. The van der Waals surface area contributed by atoms with Crippen molar-refractivity contribution in [2.45, 2.75) is 30.0 Å². The standard InChI is InChI=1S/C19H16ClF3N2O4S/c1-30(28,29)16-6-2-10(8-13(16)19(21,22)23)12(9-11-3-7-17(26)24-11)15-5-4-14(20)18(27)25-15/h2,4-6,8-9,11H,3,7H2,1H3,(H,24,26)(H,25,27)/t11-/m1/s1. The fourth-order valence-electron chi connectivity index (χ4n) is 3.16. The van der Waals surface area contributed by atoms with Crippen molar-refractivity contribution in [2.24, 2.45) is 0 Å². The number of H-pyrrole nitrogens is 1. The molecule has 1 aliphatic rings. The number of carbonyl (C=O) groups is 1. The first-order valence-electron chi connectivity index (χ1n) is 8.68. The average molecular weight is 461 g/mol. The minimum Gasteiger partial charge on any atom is -0.350 e. The monoisotopic (exact) mass is 460 g/mol. The molecule has 2 N–H and O–H groups in total. The van der Waals surface area contributed by atoms with Gasteiger partial charge in [0, 0.05) is 30.0 Å². The fraction of sp³-hybridized carbons (Fsp3) is 0.263. The van der Waals surface area contributed by atoms with Crippen molar-refractivity contribution in [3.63, 3.8) is 0 Å². The highest BCUT2D eigenvalue weighted by Crippen LogP contribution is 2.37. The minimum atomic E-state index is -4.92. The highest BCUT2D eigenvalue weighted by Gasteiger charge is 2.36. The number of halogens is 4. The van der Waals surface area contributed by atoms with Gasteiger partial charge in [-0.2, -0.15) is 13.2 Å². The van der Waals surface area contributed by atoms with Crippen LogP contribution in [0.25, 0.3) is 5.57 Å². The van der Waals surface area contributed by atoms with Crippen LogP contribution in [0.4, 0.5) is 13.2 Å². The maximum absolute atomic E-state index is 13.6. The van der Waals surface area contributed by atoms with E-state index in [1.165, 1.54) is 24.3 Å². The summed E-state index contributed by atoms with van der Waals surface area (Å²) in [4.78, 5) is 25.1. The van der Waals surface area contributed by atoms with Gasteiger partial charge in [0.15, 0.2) is 9.84 Å². The SMILES string of the molecule is CS(=O)(=O)c1ccc(C(=C[C@H]2CCC(=O)N2)c2ccc(Cl)c(=O)[nH]2)cc1C(F)(F)F. The highest BCUT2D eigenvalue weighted by atomic mass is 35.5. The lowest BCUT2D eigenvalue weighted by atomic mass is 9.97. The first kappa shape index (κ1) is 22.1. The van der Waals surface area contributed by atoms with Gasteiger partial charge in [-0.25, -0.2) is 8.42 Å². The molecule has 0 aliphatic carbocycles. The molecule has 1 aromatic carbocycles. The minimum absolute atomic E-state index is 0.0221. The van der Waals surface area contributed by atoms with Crippen LogP contribution < -0.4 is 10.9 Å². The summed E-state index contributed by atoms with van der Waals surface area (Å²) >= 11 is 5.74. The Labute approximate surface area is 174 Å². The van der Waals surface area contributed by atoms with E-state index in [0.717, 1.165) is 6.07 Å². The van der Waals surface area contributed by atoms with Crippen LogP contribution in [0.15, 0.2) is 46.1 Å². The van der Waals surface area contributed by atoms with E-state index in [0.29, 0.717) is 18.7 Å². The largest absolute Gasteiger partial charge is 0.417 e. The van der Waals surface area contributed by atoms with Crippen LogP contribution in [0, 0.1) is 0 Å². The Bertz CT molecular complexity index is 1200. The molecule has 1 saturated heterocycles. The number of rotatable bonds is 4. The number of alkyl halides is 3. The number of sulfone groups is 1. The zero-order valence-corrected chi connectivity index (χ0v) is 17.1. The van der Waals surface area contributed by atoms with Crippen molar-refractivity contribution in [1.29, 1.82) is 0 Å². The Morgan fingerprint density at radius 2 is 1.90 bits per heavy atom. The molecule has 0 bridgehead atoms. The highest BCUT2D eigenvalue weighted by molar-refractivity contribution is 7.90. The molecular weight excluding hydrogens is 445 g/mol. The van der Waals surface area contributed by atoms with E-state index in [4.69, 9.17) is 11.6 Å². The summed E-state index contributed by atoms with van der Waals surface area (Å²) in [5.41, 5.74) is -1.57. The number of amides is 1. The van der Waals surface area contributed by atoms with Crippen LogP contribution in [0.2, 0.25) is 5.02 Å². The van der Waals surface area contributed by atoms with Gasteiger partial charge in [-0.1, -0.05) is 23.7 Å². The lowest BCUT2D eigenvalue weighted by molar-refractivity contribution is -0.139. The van der Waals surface area contributed by atoms with Crippen molar-refractivity contribution in [1.82, 2.24) is 10.3 Å². The number of hydrogen-bond donors (Lipinski definition) is 2. The van der Waals surface area contributed by atoms with Gasteiger partial charge < -0.3 is 10.3 Å². The number of aromatic nitrogens is 1. The number of nitrogens with one attached hydrogen (secondary N) is 2. The molecule has 0 unspecified atom stereocenters. The normalized spacial score (nSPS) is 17.8. The van der Waals surface area contributed by atoms with Crippen LogP contribution in [-0.2, 0) is 20.8 Å². The van der Waals surface area contributed by atoms with Gasteiger partial charge in [0.1, 0.15) is 5.02 Å². The number of hydrogen-bond acceptors (Lipinski definition) is 4. The van der Waals surface area contributed by atoms with E-state index < -0.39 is 38.1 Å². The second-order valence-corrected chi connectivity index (χ2v) is 9.21. The third kappa shape index (κ3) is 4.76. The predicted molar refractivity (Wildman–Crippen MR) is 105 cm³/mol. The summed E-state index contributed by atoms with van der Waals surface area (Å²) in [5, 5.41) is 2.58. The summed E-state index contributed by atoms with van der Waals surface area (Å²) in [5.74, 6) is -0.205. The number of aromatic amines is 1. The summed E-state index contributed by atoms with van der Waals surface area (Å²) < 4.78 is 64.4. The van der Waals surface area contributed by atoms with Crippen LogP contribution in [-0.4, -0.2) is 31.6 Å². The summed E-state index contributed by atoms with van der Waals surface area (Å²) in [6.07, 6.45) is -2.02. The molecular formula is C19H16ClF3N2O4S. The number of carbonyl (C=O) groups excluding carboxylic acids is 1. The van der Waals surface area contributed by atoms with Gasteiger partial charge in [-0.05, 0) is 36.2 Å². The van der Waals surface area contributed by atoms with Crippen molar-refractivity contribution in [3.05, 3.63) is 68.6 Å². The molecule has 0 spiro atoms. The molecule has 2 heterocycles. The van der Waals surface area contributed by atoms with E-state index in [1.807, 2.05) is 0 Å². The molecule has 6 nitrogen and oxygen atoms in total. The predicted octanol–water partition coefficient (Wildman–Crippen LogP) is 3.16. The Kier molecular flexibility index (Phi) is 5.83. The molecule has 1 fully saturated rings. The van der Waals surface area contributed by atoms with Gasteiger partial charge in [0.25, 0.3) is 5.56 Å². The molecule has 30 heavy (non-hydrogen) atoms. The lowest BCUT2D eigenvalue weighted by Crippen LogP contribution is -2.23. The van der Waals surface area contributed by atoms with Crippen molar-refractivity contribution in [3.8, 4) is 0 Å². The van der Waals surface area contributed by atoms with Crippen LogP contribution >= 0.6 is 11.6 Å². The second kappa shape index (κ2) is 7.92. The van der Waals surface area contributed by atoms with Gasteiger partial charge in [-0.15, -0.1) is 0 Å². The Balaban J connectivity index is 2.23. The Hall–Kier alpha value is -2.59. The van der Waals surface area contributed by atoms with Crippen molar-refractivity contribution < 1.29 is 26.4 Å². The Morgan fingerprint density at radius 3 is 2.43 bits per heavy atom.